The van der Waals surface area contributed by atoms with Gasteiger partial charge in [0.1, 0.15) is 12.7 Å². The number of carbonyl (C=O) groups excluding carboxylic acids is 1. The van der Waals surface area contributed by atoms with Gasteiger partial charge in [-0.25, -0.2) is 0 Å². The predicted octanol–water partition coefficient (Wildman–Crippen LogP) is 0.821. The first-order valence-electron chi connectivity index (χ1n) is 5.04. The Kier molecular flexibility index (Phi) is 8.07. The Bertz CT molecular complexity index is 265. The second-order valence-electron chi connectivity index (χ2n) is 4.31. The molecular weight excluding hydrogens is 267 g/mol. The van der Waals surface area contributed by atoms with Gasteiger partial charge in [0.15, 0.2) is 0 Å². The average molecular weight is 286 g/mol. The Balaban J connectivity index is 3.66. The van der Waals surface area contributed by atoms with E-state index in [9.17, 15) is 14.5 Å². The Morgan fingerprint density at radius 3 is 2.47 bits per heavy atom. The number of ether oxygens (including phenoxy) is 1. The van der Waals surface area contributed by atoms with E-state index in [-0.39, 0.29) is 23.7 Å². The maximum Gasteiger partial charge on any atom is 0.316 e. The third-order valence-electron chi connectivity index (χ3n) is 1.46. The highest BCUT2D eigenvalue weighted by atomic mass is 32.2. The zero-order chi connectivity index (χ0) is 13.5. The summed E-state index contributed by atoms with van der Waals surface area (Å²) in [6, 6.07) is 0. The van der Waals surface area contributed by atoms with Crippen LogP contribution in [0.5, 0.6) is 0 Å². The summed E-state index contributed by atoms with van der Waals surface area (Å²) in [6.45, 7) is 5.37. The molecule has 0 spiro atoms. The Labute approximate surface area is 106 Å². The maximum absolute atomic E-state index is 11.2. The first-order valence-corrected chi connectivity index (χ1v) is 7.29. The van der Waals surface area contributed by atoms with Crippen molar-refractivity contribution in [1.82, 2.24) is 0 Å². The summed E-state index contributed by atoms with van der Waals surface area (Å²) in [5.74, 6) is -0.228. The molecule has 102 valence electrons. The summed E-state index contributed by atoms with van der Waals surface area (Å²) in [5, 5.41) is 9.23. The van der Waals surface area contributed by atoms with Crippen molar-refractivity contribution in [3.8, 4) is 0 Å². The second-order valence-corrected chi connectivity index (χ2v) is 6.94. The summed E-state index contributed by atoms with van der Waals surface area (Å²) in [7, 11) is -3.05. The largest absolute Gasteiger partial charge is 0.462 e. The van der Waals surface area contributed by atoms with E-state index in [4.69, 9.17) is 9.63 Å². The van der Waals surface area contributed by atoms with E-state index < -0.39 is 20.3 Å². The van der Waals surface area contributed by atoms with Gasteiger partial charge in [-0.15, -0.1) is 11.8 Å². The number of rotatable bonds is 7. The Morgan fingerprint density at radius 1 is 1.41 bits per heavy atom. The van der Waals surface area contributed by atoms with Crippen molar-refractivity contribution >= 4 is 26.0 Å². The van der Waals surface area contributed by atoms with Crippen molar-refractivity contribution in [2.75, 3.05) is 19.0 Å². The van der Waals surface area contributed by atoms with E-state index >= 15 is 0 Å². The number of aliphatic hydroxyl groups is 1. The van der Waals surface area contributed by atoms with Gasteiger partial charge in [0.25, 0.3) is 0 Å². The minimum atomic E-state index is -3.05. The van der Waals surface area contributed by atoms with E-state index in [1.165, 1.54) is 11.8 Å². The highest BCUT2D eigenvalue weighted by molar-refractivity contribution is 8.01. The van der Waals surface area contributed by atoms with Crippen LogP contribution in [0.2, 0.25) is 0 Å². The number of hydrogen-bond donors (Lipinski definition) is 2. The number of hydrogen-bond acceptors (Lipinski definition) is 6. The van der Waals surface area contributed by atoms with Gasteiger partial charge < -0.3 is 19.3 Å². The zero-order valence-corrected chi connectivity index (χ0v) is 12.0. The molecule has 0 heterocycles. The van der Waals surface area contributed by atoms with Crippen molar-refractivity contribution < 1.29 is 28.6 Å². The monoisotopic (exact) mass is 286 g/mol. The highest BCUT2D eigenvalue weighted by Gasteiger charge is 2.15. The summed E-state index contributed by atoms with van der Waals surface area (Å²) in [5.41, 5.74) is 0. The van der Waals surface area contributed by atoms with Crippen molar-refractivity contribution in [3.05, 3.63) is 0 Å². The minimum Gasteiger partial charge on any atom is -0.462 e. The summed E-state index contributed by atoms with van der Waals surface area (Å²) in [6.07, 6.45) is -1.08. The van der Waals surface area contributed by atoms with Crippen LogP contribution in [0.25, 0.3) is 0 Å². The van der Waals surface area contributed by atoms with E-state index in [1.807, 2.05) is 20.8 Å². The smallest absolute Gasteiger partial charge is 0.316 e. The van der Waals surface area contributed by atoms with Gasteiger partial charge in [-0.05, 0) is 0 Å². The molecule has 0 aromatic heterocycles. The summed E-state index contributed by atoms with van der Waals surface area (Å²) >= 11 is 1.44. The standard InChI is InChI=1S/C9H19O6PS/c1-9(2,3)17-6-8(11)14-4-7(10)5-15-16(12)13/h7,10,16H,4-6H2,1-3H3,(H,12,13)/t7-/m1/s1. The van der Waals surface area contributed by atoms with E-state index in [1.54, 1.807) is 0 Å². The molecule has 0 aliphatic carbocycles. The zero-order valence-electron chi connectivity index (χ0n) is 10.1. The van der Waals surface area contributed by atoms with Gasteiger partial charge >= 0.3 is 14.2 Å². The molecule has 0 rings (SSSR count). The van der Waals surface area contributed by atoms with Gasteiger partial charge in [-0.2, -0.15) is 0 Å². The molecule has 0 aliphatic heterocycles. The van der Waals surface area contributed by atoms with Gasteiger partial charge in [0.05, 0.1) is 12.4 Å². The molecular formula is C9H19O6PS. The molecule has 0 aromatic carbocycles. The third-order valence-corrected chi connectivity index (χ3v) is 3.12. The average Bonchev–Trinajstić information content (AvgIpc) is 2.19. The molecule has 0 saturated heterocycles. The number of esters is 1. The van der Waals surface area contributed by atoms with Crippen LogP contribution in [0.15, 0.2) is 0 Å². The van der Waals surface area contributed by atoms with Crippen molar-refractivity contribution in [1.29, 1.82) is 0 Å². The van der Waals surface area contributed by atoms with E-state index in [0.29, 0.717) is 0 Å². The molecule has 17 heavy (non-hydrogen) atoms. The van der Waals surface area contributed by atoms with E-state index in [0.717, 1.165) is 0 Å². The molecule has 1 unspecified atom stereocenters. The molecule has 0 radical (unpaired) electrons. The van der Waals surface area contributed by atoms with Gasteiger partial charge in [0.2, 0.25) is 0 Å². The van der Waals surface area contributed by atoms with Gasteiger partial charge in [-0.3, -0.25) is 9.36 Å². The lowest BCUT2D eigenvalue weighted by Crippen LogP contribution is -2.24. The number of carbonyl (C=O) groups is 1. The van der Waals surface area contributed by atoms with Gasteiger partial charge in [0, 0.05) is 4.75 Å². The molecule has 0 aromatic rings. The normalized spacial score (nSPS) is 15.4. The Hall–Kier alpha value is -0.0700. The van der Waals surface area contributed by atoms with Gasteiger partial charge in [-0.1, -0.05) is 20.8 Å². The second kappa shape index (κ2) is 8.11. The first kappa shape index (κ1) is 16.9. The lowest BCUT2D eigenvalue weighted by molar-refractivity contribution is -0.143. The molecule has 0 aliphatic rings. The van der Waals surface area contributed by atoms with Crippen LogP contribution < -0.4 is 0 Å². The molecule has 0 saturated carbocycles. The van der Waals surface area contributed by atoms with Crippen molar-refractivity contribution in [3.63, 3.8) is 0 Å². The van der Waals surface area contributed by atoms with Crippen molar-refractivity contribution in [2.45, 2.75) is 31.6 Å². The van der Waals surface area contributed by atoms with Crippen LogP contribution in [0.4, 0.5) is 0 Å². The van der Waals surface area contributed by atoms with Crippen LogP contribution >= 0.6 is 20.0 Å². The third kappa shape index (κ3) is 12.2. The molecule has 2 atom stereocenters. The quantitative estimate of drug-likeness (QED) is 0.528. The van der Waals surface area contributed by atoms with Crippen LogP contribution in [0.3, 0.4) is 0 Å². The first-order chi connectivity index (χ1) is 7.70. The highest BCUT2D eigenvalue weighted by Crippen LogP contribution is 2.22. The lowest BCUT2D eigenvalue weighted by Gasteiger charge is -2.17. The van der Waals surface area contributed by atoms with Crippen LogP contribution in [-0.4, -0.2) is 45.8 Å². The fourth-order valence-corrected chi connectivity index (χ4v) is 1.69. The summed E-state index contributed by atoms with van der Waals surface area (Å²) < 4.78 is 19.2. The maximum atomic E-state index is 11.2. The SMILES string of the molecule is CC(C)(C)SCC(=O)OC[C@@H](O)CO[PH](=O)O. The molecule has 0 bridgehead atoms. The molecule has 0 amide bonds. The number of aliphatic hydroxyl groups excluding tert-OH is 1. The number of thioether (sulfide) groups is 1. The Morgan fingerprint density at radius 2 is 2.00 bits per heavy atom. The molecule has 8 heteroatoms. The molecule has 2 N–H and O–H groups in total. The topological polar surface area (TPSA) is 93.1 Å². The predicted molar refractivity (Wildman–Crippen MR) is 66.3 cm³/mol. The van der Waals surface area contributed by atoms with Crippen LogP contribution in [-0.2, 0) is 18.6 Å². The van der Waals surface area contributed by atoms with E-state index in [2.05, 4.69) is 4.52 Å². The van der Waals surface area contributed by atoms with Crippen LogP contribution in [0, 0.1) is 0 Å². The minimum absolute atomic E-state index is 0.0302. The fraction of sp³-hybridized carbons (Fsp3) is 0.889. The lowest BCUT2D eigenvalue weighted by atomic mass is 10.3. The molecule has 0 fully saturated rings. The summed E-state index contributed by atoms with van der Waals surface area (Å²) in [4.78, 5) is 19.6. The molecule has 6 nitrogen and oxygen atoms in total. The van der Waals surface area contributed by atoms with Crippen molar-refractivity contribution in [2.24, 2.45) is 0 Å². The van der Waals surface area contributed by atoms with Crippen LogP contribution in [0.1, 0.15) is 20.8 Å². The fourth-order valence-electron chi connectivity index (χ4n) is 0.722.